The molecule has 2 heterocycles. The molecule has 0 fully saturated rings. The van der Waals surface area contributed by atoms with E-state index in [2.05, 4.69) is 4.98 Å². The van der Waals surface area contributed by atoms with Crippen LogP contribution < -0.4 is 11.3 Å². The summed E-state index contributed by atoms with van der Waals surface area (Å²) < 4.78 is 1.57. The van der Waals surface area contributed by atoms with Gasteiger partial charge in [0.05, 0.1) is 16.7 Å². The number of aryl methyl sites for hydroxylation is 1. The largest absolute Gasteiger partial charge is 0.393 e. The lowest BCUT2D eigenvalue weighted by molar-refractivity contribution is 0.577. The first-order chi connectivity index (χ1) is 7.99. The SMILES string of the molecule is Cc1cc2c(=O)n(CC(C)C(N)=S)cnc2s1. The van der Waals surface area contributed by atoms with E-state index < -0.39 is 0 Å². The van der Waals surface area contributed by atoms with E-state index in [1.165, 1.54) is 11.3 Å². The van der Waals surface area contributed by atoms with E-state index >= 15 is 0 Å². The number of hydrogen-bond acceptors (Lipinski definition) is 4. The third kappa shape index (κ3) is 2.37. The van der Waals surface area contributed by atoms with Gasteiger partial charge in [-0.2, -0.15) is 0 Å². The fraction of sp³-hybridized carbons (Fsp3) is 0.364. The Kier molecular flexibility index (Phi) is 3.26. The van der Waals surface area contributed by atoms with Gasteiger partial charge in [-0.1, -0.05) is 19.1 Å². The minimum atomic E-state index is -0.0255. The number of rotatable bonds is 3. The maximum absolute atomic E-state index is 12.1. The molecule has 0 saturated carbocycles. The zero-order valence-electron chi connectivity index (χ0n) is 9.64. The number of fused-ring (bicyclic) bond motifs is 1. The van der Waals surface area contributed by atoms with Gasteiger partial charge in [0.2, 0.25) is 0 Å². The van der Waals surface area contributed by atoms with Gasteiger partial charge in [0.1, 0.15) is 4.83 Å². The Morgan fingerprint density at radius 2 is 2.41 bits per heavy atom. The van der Waals surface area contributed by atoms with Crippen LogP contribution in [0.5, 0.6) is 0 Å². The van der Waals surface area contributed by atoms with Gasteiger partial charge in [0.25, 0.3) is 5.56 Å². The van der Waals surface area contributed by atoms with Gasteiger partial charge in [0, 0.05) is 17.3 Å². The fourth-order valence-electron chi connectivity index (χ4n) is 1.60. The van der Waals surface area contributed by atoms with E-state index in [0.717, 1.165) is 9.71 Å². The van der Waals surface area contributed by atoms with Gasteiger partial charge in [-0.25, -0.2) is 4.98 Å². The molecule has 2 aromatic heterocycles. The molecule has 2 aromatic rings. The third-order valence-corrected chi connectivity index (χ3v) is 3.96. The molecular formula is C11H13N3OS2. The molecule has 6 heteroatoms. The molecule has 0 aliphatic rings. The number of aromatic nitrogens is 2. The maximum atomic E-state index is 12.1. The Bertz CT molecular complexity index is 629. The Labute approximate surface area is 108 Å². The van der Waals surface area contributed by atoms with Crippen LogP contribution in [-0.4, -0.2) is 14.5 Å². The van der Waals surface area contributed by atoms with Crippen molar-refractivity contribution < 1.29 is 0 Å². The summed E-state index contributed by atoms with van der Waals surface area (Å²) >= 11 is 6.43. The number of nitrogens with two attached hydrogens (primary N) is 1. The highest BCUT2D eigenvalue weighted by atomic mass is 32.1. The molecule has 0 bridgehead atoms. The van der Waals surface area contributed by atoms with E-state index in [1.54, 1.807) is 10.9 Å². The minimum Gasteiger partial charge on any atom is -0.393 e. The smallest absolute Gasteiger partial charge is 0.262 e. The third-order valence-electron chi connectivity index (χ3n) is 2.60. The molecule has 0 aliphatic heterocycles. The van der Waals surface area contributed by atoms with Crippen molar-refractivity contribution in [3.63, 3.8) is 0 Å². The average molecular weight is 267 g/mol. The summed E-state index contributed by atoms with van der Waals surface area (Å²) in [6.07, 6.45) is 1.56. The molecule has 0 aromatic carbocycles. The second-order valence-electron chi connectivity index (χ2n) is 4.08. The molecule has 2 rings (SSSR count). The van der Waals surface area contributed by atoms with Crippen molar-refractivity contribution in [3.8, 4) is 0 Å². The molecule has 0 spiro atoms. The van der Waals surface area contributed by atoms with Gasteiger partial charge >= 0.3 is 0 Å². The fourth-order valence-corrected chi connectivity index (χ4v) is 2.51. The topological polar surface area (TPSA) is 60.9 Å². The first-order valence-electron chi connectivity index (χ1n) is 5.24. The highest BCUT2D eigenvalue weighted by Crippen LogP contribution is 2.19. The zero-order chi connectivity index (χ0) is 12.6. The molecule has 1 unspecified atom stereocenters. The number of hydrogen-bond donors (Lipinski definition) is 1. The average Bonchev–Trinajstić information content (AvgIpc) is 2.63. The van der Waals surface area contributed by atoms with Crippen molar-refractivity contribution in [1.82, 2.24) is 9.55 Å². The van der Waals surface area contributed by atoms with Crippen molar-refractivity contribution >= 4 is 38.8 Å². The summed E-state index contributed by atoms with van der Waals surface area (Å²) in [5.74, 6) is -0.0123. The number of thiophene rings is 1. The van der Waals surface area contributed by atoms with Crippen LogP contribution in [0.3, 0.4) is 0 Å². The van der Waals surface area contributed by atoms with E-state index in [1.807, 2.05) is 19.9 Å². The first kappa shape index (κ1) is 12.2. The van der Waals surface area contributed by atoms with Crippen LogP contribution in [-0.2, 0) is 6.54 Å². The minimum absolute atomic E-state index is 0.0123. The van der Waals surface area contributed by atoms with Crippen molar-refractivity contribution in [1.29, 1.82) is 0 Å². The van der Waals surface area contributed by atoms with Crippen LogP contribution in [0.4, 0.5) is 0 Å². The van der Waals surface area contributed by atoms with E-state index in [4.69, 9.17) is 18.0 Å². The van der Waals surface area contributed by atoms with Crippen molar-refractivity contribution in [2.75, 3.05) is 0 Å². The Balaban J connectivity index is 2.46. The molecule has 0 radical (unpaired) electrons. The van der Waals surface area contributed by atoms with Gasteiger partial charge in [-0.3, -0.25) is 9.36 Å². The van der Waals surface area contributed by atoms with Gasteiger partial charge in [0.15, 0.2) is 0 Å². The quantitative estimate of drug-likeness (QED) is 0.860. The molecule has 1 atom stereocenters. The van der Waals surface area contributed by atoms with Crippen LogP contribution in [0.2, 0.25) is 0 Å². The molecule has 4 nitrogen and oxygen atoms in total. The van der Waals surface area contributed by atoms with Crippen molar-refractivity contribution in [2.45, 2.75) is 20.4 Å². The van der Waals surface area contributed by atoms with Crippen LogP contribution in [0.1, 0.15) is 11.8 Å². The maximum Gasteiger partial charge on any atom is 0.262 e. The summed E-state index contributed by atoms with van der Waals surface area (Å²) in [6.45, 7) is 4.34. The molecular weight excluding hydrogens is 254 g/mol. The number of thiocarbonyl (C=S) groups is 1. The zero-order valence-corrected chi connectivity index (χ0v) is 11.3. The predicted octanol–water partition coefficient (Wildman–Crippen LogP) is 1.69. The van der Waals surface area contributed by atoms with E-state index in [0.29, 0.717) is 16.9 Å². The molecule has 90 valence electrons. The second kappa shape index (κ2) is 4.54. The normalized spacial score (nSPS) is 12.8. The molecule has 2 N–H and O–H groups in total. The summed E-state index contributed by atoms with van der Waals surface area (Å²) in [7, 11) is 0. The Morgan fingerprint density at radius 1 is 1.71 bits per heavy atom. The van der Waals surface area contributed by atoms with E-state index in [9.17, 15) is 4.79 Å². The first-order valence-corrected chi connectivity index (χ1v) is 6.46. The summed E-state index contributed by atoms with van der Waals surface area (Å²) in [6, 6.07) is 1.87. The molecule has 17 heavy (non-hydrogen) atoms. The van der Waals surface area contributed by atoms with Crippen molar-refractivity contribution in [3.05, 3.63) is 27.6 Å². The lowest BCUT2D eigenvalue weighted by Gasteiger charge is -2.11. The van der Waals surface area contributed by atoms with Gasteiger partial charge in [-0.05, 0) is 13.0 Å². The summed E-state index contributed by atoms with van der Waals surface area (Å²) in [5.41, 5.74) is 5.52. The summed E-state index contributed by atoms with van der Waals surface area (Å²) in [5, 5.41) is 0.671. The van der Waals surface area contributed by atoms with Crippen LogP contribution in [0.15, 0.2) is 17.2 Å². The monoisotopic (exact) mass is 267 g/mol. The molecule has 0 aliphatic carbocycles. The Hall–Kier alpha value is -1.27. The lowest BCUT2D eigenvalue weighted by Crippen LogP contribution is -2.28. The van der Waals surface area contributed by atoms with Gasteiger partial charge in [-0.15, -0.1) is 11.3 Å². The van der Waals surface area contributed by atoms with Crippen LogP contribution in [0.25, 0.3) is 10.2 Å². The standard InChI is InChI=1S/C11H13N3OS2/c1-6(9(12)16)4-14-5-13-10-8(11(14)15)3-7(2)17-10/h3,5-6H,4H2,1-2H3,(H2,12,16). The highest BCUT2D eigenvalue weighted by molar-refractivity contribution is 7.80. The predicted molar refractivity (Wildman–Crippen MR) is 74.6 cm³/mol. The Morgan fingerprint density at radius 3 is 3.06 bits per heavy atom. The lowest BCUT2D eigenvalue weighted by atomic mass is 10.2. The van der Waals surface area contributed by atoms with Crippen LogP contribution in [0, 0.1) is 12.8 Å². The second-order valence-corrected chi connectivity index (χ2v) is 5.79. The summed E-state index contributed by atoms with van der Waals surface area (Å²) in [4.78, 5) is 18.7. The molecule has 0 saturated heterocycles. The van der Waals surface area contributed by atoms with Gasteiger partial charge < -0.3 is 5.73 Å². The van der Waals surface area contributed by atoms with E-state index in [-0.39, 0.29) is 11.5 Å². The van der Waals surface area contributed by atoms with Crippen molar-refractivity contribution in [2.24, 2.45) is 11.7 Å². The van der Waals surface area contributed by atoms with Crippen LogP contribution >= 0.6 is 23.6 Å². The highest BCUT2D eigenvalue weighted by Gasteiger charge is 2.11. The number of nitrogens with zero attached hydrogens (tertiary/aromatic N) is 2. The molecule has 0 amide bonds.